The van der Waals surface area contributed by atoms with Gasteiger partial charge in [-0.2, -0.15) is 0 Å². The van der Waals surface area contributed by atoms with E-state index in [9.17, 15) is 5.11 Å². The van der Waals surface area contributed by atoms with E-state index in [2.05, 4.69) is 48.3 Å². The zero-order chi connectivity index (χ0) is 14.5. The van der Waals surface area contributed by atoms with Crippen molar-refractivity contribution < 1.29 is 5.11 Å². The van der Waals surface area contributed by atoms with Crippen molar-refractivity contribution in [3.63, 3.8) is 0 Å². The van der Waals surface area contributed by atoms with Crippen LogP contribution in [0.4, 0.5) is 11.6 Å². The zero-order valence-corrected chi connectivity index (χ0v) is 12.6. The molecule has 0 bridgehead atoms. The lowest BCUT2D eigenvalue weighted by molar-refractivity contribution is 0.208. The lowest BCUT2D eigenvalue weighted by Gasteiger charge is -2.19. The van der Waals surface area contributed by atoms with Gasteiger partial charge in [0.1, 0.15) is 17.5 Å². The van der Waals surface area contributed by atoms with Gasteiger partial charge in [-0.15, -0.1) is 0 Å². The van der Waals surface area contributed by atoms with E-state index in [-0.39, 0.29) is 5.41 Å². The summed E-state index contributed by atoms with van der Waals surface area (Å²) in [6, 6.07) is 1.88. The van der Waals surface area contributed by atoms with Crippen molar-refractivity contribution in [2.75, 3.05) is 23.7 Å². The Morgan fingerprint density at radius 2 is 1.79 bits per heavy atom. The molecule has 1 heterocycles. The smallest absolute Gasteiger partial charge is 0.138 e. The van der Waals surface area contributed by atoms with Crippen LogP contribution in [-0.4, -0.2) is 34.3 Å². The van der Waals surface area contributed by atoms with Crippen LogP contribution in [0.2, 0.25) is 0 Å². The molecule has 1 aromatic rings. The highest BCUT2D eigenvalue weighted by molar-refractivity contribution is 5.48. The van der Waals surface area contributed by atoms with Crippen molar-refractivity contribution in [2.24, 2.45) is 0 Å². The summed E-state index contributed by atoms with van der Waals surface area (Å²) in [6.07, 6.45) is 0.644. The summed E-state index contributed by atoms with van der Waals surface area (Å²) < 4.78 is 0. The summed E-state index contributed by atoms with van der Waals surface area (Å²) in [5.74, 6) is 2.37. The number of hydrogen-bond acceptors (Lipinski definition) is 5. The second kappa shape index (κ2) is 6.70. The van der Waals surface area contributed by atoms with Gasteiger partial charge in [-0.3, -0.25) is 0 Å². The van der Waals surface area contributed by atoms with E-state index in [1.165, 1.54) is 0 Å². The van der Waals surface area contributed by atoms with E-state index in [1.807, 2.05) is 6.07 Å². The van der Waals surface area contributed by atoms with Crippen LogP contribution >= 0.6 is 0 Å². The van der Waals surface area contributed by atoms with Crippen LogP contribution in [0.5, 0.6) is 0 Å². The minimum Gasteiger partial charge on any atom is -0.392 e. The first-order chi connectivity index (χ1) is 8.82. The minimum absolute atomic E-state index is 0.106. The number of anilines is 2. The Labute approximate surface area is 115 Å². The molecule has 1 rings (SSSR count). The fraction of sp³-hybridized carbons (Fsp3) is 0.714. The fourth-order valence-electron chi connectivity index (χ4n) is 1.47. The quantitative estimate of drug-likeness (QED) is 0.737. The van der Waals surface area contributed by atoms with E-state index in [1.54, 1.807) is 6.92 Å². The molecule has 0 aliphatic heterocycles. The highest BCUT2D eigenvalue weighted by Crippen LogP contribution is 2.22. The second-order valence-electron chi connectivity index (χ2n) is 5.87. The van der Waals surface area contributed by atoms with E-state index < -0.39 is 6.10 Å². The topological polar surface area (TPSA) is 70.1 Å². The Bertz CT molecular complexity index is 399. The van der Waals surface area contributed by atoms with Crippen molar-refractivity contribution >= 4 is 11.6 Å². The zero-order valence-electron chi connectivity index (χ0n) is 12.6. The molecule has 0 aliphatic carbocycles. The maximum Gasteiger partial charge on any atom is 0.138 e. The molecule has 1 aromatic heterocycles. The Morgan fingerprint density at radius 1 is 1.21 bits per heavy atom. The van der Waals surface area contributed by atoms with Gasteiger partial charge in [0.15, 0.2) is 0 Å². The Hall–Kier alpha value is -1.36. The molecule has 1 atom stereocenters. The first-order valence-electron chi connectivity index (χ1n) is 6.88. The molecule has 0 aromatic carbocycles. The van der Waals surface area contributed by atoms with Crippen molar-refractivity contribution in [3.05, 3.63) is 11.9 Å². The number of aromatic nitrogens is 2. The normalized spacial score (nSPS) is 13.2. The molecule has 0 saturated heterocycles. The van der Waals surface area contributed by atoms with E-state index in [4.69, 9.17) is 0 Å². The average molecular weight is 266 g/mol. The first-order valence-corrected chi connectivity index (χ1v) is 6.88. The molecular formula is C14H26N4O. The Kier molecular flexibility index (Phi) is 5.54. The molecule has 19 heavy (non-hydrogen) atoms. The molecule has 0 amide bonds. The van der Waals surface area contributed by atoms with Gasteiger partial charge in [0.05, 0.1) is 6.10 Å². The number of nitrogens with one attached hydrogen (secondary N) is 2. The lowest BCUT2D eigenvalue weighted by Crippen LogP contribution is -2.21. The molecule has 0 radical (unpaired) electrons. The average Bonchev–Trinajstić information content (AvgIpc) is 2.32. The van der Waals surface area contributed by atoms with Gasteiger partial charge in [0.25, 0.3) is 0 Å². The van der Waals surface area contributed by atoms with E-state index >= 15 is 0 Å². The molecule has 108 valence electrons. The van der Waals surface area contributed by atoms with Gasteiger partial charge in [0.2, 0.25) is 0 Å². The van der Waals surface area contributed by atoms with Crippen LogP contribution in [-0.2, 0) is 5.41 Å². The molecular weight excluding hydrogens is 240 g/mol. The van der Waals surface area contributed by atoms with Crippen LogP contribution in [0, 0.1) is 0 Å². The molecule has 0 fully saturated rings. The first kappa shape index (κ1) is 15.7. The van der Waals surface area contributed by atoms with Crippen LogP contribution in [0.15, 0.2) is 6.07 Å². The molecule has 3 N–H and O–H groups in total. The van der Waals surface area contributed by atoms with Crippen LogP contribution in [0.3, 0.4) is 0 Å². The fourth-order valence-corrected chi connectivity index (χ4v) is 1.47. The summed E-state index contributed by atoms with van der Waals surface area (Å²) in [6.45, 7) is 11.5. The largest absolute Gasteiger partial charge is 0.392 e. The number of aliphatic hydroxyl groups excluding tert-OH is 1. The van der Waals surface area contributed by atoms with Gasteiger partial charge < -0.3 is 15.7 Å². The van der Waals surface area contributed by atoms with Gasteiger partial charge in [-0.1, -0.05) is 27.7 Å². The van der Waals surface area contributed by atoms with Crippen LogP contribution in [0.1, 0.15) is 46.9 Å². The van der Waals surface area contributed by atoms with E-state index in [0.29, 0.717) is 6.54 Å². The SMILES string of the molecule is CCCNc1cc(NCC(C)O)nc(C(C)(C)C)n1. The predicted octanol–water partition coefficient (Wildman–Crippen LogP) is 2.39. The van der Waals surface area contributed by atoms with Crippen molar-refractivity contribution in [1.29, 1.82) is 0 Å². The number of hydrogen-bond donors (Lipinski definition) is 3. The number of rotatable bonds is 6. The molecule has 5 heteroatoms. The van der Waals surface area contributed by atoms with Crippen LogP contribution in [0.25, 0.3) is 0 Å². The third-order valence-electron chi connectivity index (χ3n) is 2.53. The highest BCUT2D eigenvalue weighted by atomic mass is 16.3. The predicted molar refractivity (Wildman–Crippen MR) is 79.7 cm³/mol. The summed E-state index contributed by atoms with van der Waals surface area (Å²) in [5, 5.41) is 15.7. The van der Waals surface area contributed by atoms with Crippen molar-refractivity contribution in [3.8, 4) is 0 Å². The third-order valence-corrected chi connectivity index (χ3v) is 2.53. The maximum atomic E-state index is 9.33. The molecule has 0 spiro atoms. The Morgan fingerprint density at radius 3 is 2.26 bits per heavy atom. The van der Waals surface area contributed by atoms with E-state index in [0.717, 1.165) is 30.4 Å². The monoisotopic (exact) mass is 266 g/mol. The van der Waals surface area contributed by atoms with Gasteiger partial charge >= 0.3 is 0 Å². The van der Waals surface area contributed by atoms with Crippen molar-refractivity contribution in [1.82, 2.24) is 9.97 Å². The minimum atomic E-state index is -0.403. The van der Waals surface area contributed by atoms with Gasteiger partial charge in [0, 0.05) is 24.6 Å². The second-order valence-corrected chi connectivity index (χ2v) is 5.87. The molecule has 1 unspecified atom stereocenters. The third kappa shape index (κ3) is 5.42. The Balaban J connectivity index is 2.95. The maximum absolute atomic E-state index is 9.33. The number of nitrogens with zero attached hydrogens (tertiary/aromatic N) is 2. The summed E-state index contributed by atoms with van der Waals surface area (Å²) in [5.41, 5.74) is -0.106. The summed E-state index contributed by atoms with van der Waals surface area (Å²) >= 11 is 0. The van der Waals surface area contributed by atoms with Crippen molar-refractivity contribution in [2.45, 2.75) is 52.6 Å². The summed E-state index contributed by atoms with van der Waals surface area (Å²) in [7, 11) is 0. The van der Waals surface area contributed by atoms with Gasteiger partial charge in [-0.25, -0.2) is 9.97 Å². The lowest BCUT2D eigenvalue weighted by atomic mass is 9.96. The highest BCUT2D eigenvalue weighted by Gasteiger charge is 2.19. The number of aliphatic hydroxyl groups is 1. The molecule has 0 aliphatic rings. The summed E-state index contributed by atoms with van der Waals surface area (Å²) in [4.78, 5) is 9.06. The van der Waals surface area contributed by atoms with Gasteiger partial charge in [-0.05, 0) is 13.3 Å². The standard InChI is InChI=1S/C14H26N4O/c1-6-7-15-11-8-12(16-9-10(2)19)18-13(17-11)14(3,4)5/h8,10,19H,6-7,9H2,1-5H3,(H2,15,16,17,18). The van der Waals surface area contributed by atoms with Crippen LogP contribution < -0.4 is 10.6 Å². The molecule has 5 nitrogen and oxygen atoms in total. The molecule has 0 saturated carbocycles.